The molecule has 0 bridgehead atoms. The summed E-state index contributed by atoms with van der Waals surface area (Å²) in [5, 5.41) is 0. The molecular weight excluding hydrogens is 373 g/mol. The quantitative estimate of drug-likeness (QED) is 0.778. The molecule has 0 radical (unpaired) electrons. The van der Waals surface area contributed by atoms with Gasteiger partial charge in [-0.1, -0.05) is 12.1 Å². The lowest BCUT2D eigenvalue weighted by Gasteiger charge is -2.36. The Kier molecular flexibility index (Phi) is 5.49. The summed E-state index contributed by atoms with van der Waals surface area (Å²) >= 11 is 0. The van der Waals surface area contributed by atoms with Crippen LogP contribution in [0.1, 0.15) is 26.3 Å². The van der Waals surface area contributed by atoms with Gasteiger partial charge < -0.3 is 19.4 Å². The third-order valence-corrected chi connectivity index (χ3v) is 5.57. The Morgan fingerprint density at radius 1 is 1.07 bits per heavy atom. The number of hydrogen-bond donors (Lipinski definition) is 0. The molecule has 0 unspecified atom stereocenters. The number of benzene rings is 2. The van der Waals surface area contributed by atoms with E-state index in [1.807, 2.05) is 12.1 Å². The Hall–Kier alpha value is -2.93. The van der Waals surface area contributed by atoms with Crippen LogP contribution in [0, 0.1) is 5.82 Å². The number of anilines is 1. The average molecular weight is 397 g/mol. The molecule has 0 atom stereocenters. The van der Waals surface area contributed by atoms with Crippen molar-refractivity contribution in [1.82, 2.24) is 9.80 Å². The minimum Gasteiger partial charge on any atom is -0.383 e. The lowest BCUT2D eigenvalue weighted by molar-refractivity contribution is 0.0697. The average Bonchev–Trinajstić information content (AvgIpc) is 3.08. The molecule has 2 heterocycles. The number of amides is 2. The molecule has 0 spiro atoms. The number of rotatable bonds is 5. The first kappa shape index (κ1) is 19.4. The highest BCUT2D eigenvalue weighted by atomic mass is 19.1. The highest BCUT2D eigenvalue weighted by molar-refractivity contribution is 6.09. The Labute approximate surface area is 169 Å². The first-order valence-electron chi connectivity index (χ1n) is 9.78. The van der Waals surface area contributed by atoms with Crippen molar-refractivity contribution in [3.05, 3.63) is 65.0 Å². The predicted octanol–water partition coefficient (Wildman–Crippen LogP) is 2.39. The molecule has 4 rings (SSSR count). The molecule has 2 aliphatic rings. The summed E-state index contributed by atoms with van der Waals surface area (Å²) in [7, 11) is 1.61. The summed E-state index contributed by atoms with van der Waals surface area (Å²) in [6.45, 7) is 3.93. The van der Waals surface area contributed by atoms with Crippen molar-refractivity contribution in [3.63, 3.8) is 0 Å². The number of halogens is 1. The second-order valence-electron chi connectivity index (χ2n) is 7.31. The number of piperazine rings is 1. The van der Waals surface area contributed by atoms with Crippen LogP contribution >= 0.6 is 0 Å². The Balaban J connectivity index is 1.46. The minimum absolute atomic E-state index is 0.106. The molecule has 2 aliphatic heterocycles. The first-order valence-corrected chi connectivity index (χ1v) is 9.78. The zero-order valence-electron chi connectivity index (χ0n) is 16.4. The topological polar surface area (TPSA) is 53.1 Å². The number of ether oxygens (including phenoxy) is 1. The van der Waals surface area contributed by atoms with Gasteiger partial charge in [0.05, 0.1) is 17.7 Å². The zero-order chi connectivity index (χ0) is 20.4. The van der Waals surface area contributed by atoms with Gasteiger partial charge in [0.1, 0.15) is 5.82 Å². The fourth-order valence-corrected chi connectivity index (χ4v) is 3.97. The molecule has 7 heteroatoms. The Bertz CT molecular complexity index is 908. The van der Waals surface area contributed by atoms with Gasteiger partial charge in [-0.3, -0.25) is 9.59 Å². The van der Waals surface area contributed by atoms with Crippen molar-refractivity contribution < 1.29 is 18.7 Å². The lowest BCUT2D eigenvalue weighted by atomic mass is 10.0. The normalized spacial score (nSPS) is 16.3. The van der Waals surface area contributed by atoms with Gasteiger partial charge in [0.2, 0.25) is 0 Å². The monoisotopic (exact) mass is 397 g/mol. The molecule has 0 aromatic heterocycles. The second-order valence-corrected chi connectivity index (χ2v) is 7.31. The van der Waals surface area contributed by atoms with Gasteiger partial charge in [-0.05, 0) is 35.9 Å². The van der Waals surface area contributed by atoms with Crippen LogP contribution in [-0.4, -0.2) is 68.1 Å². The Morgan fingerprint density at radius 3 is 2.48 bits per heavy atom. The maximum atomic E-state index is 13.2. The van der Waals surface area contributed by atoms with Crippen LogP contribution < -0.4 is 4.90 Å². The van der Waals surface area contributed by atoms with E-state index in [-0.39, 0.29) is 17.6 Å². The fourth-order valence-electron chi connectivity index (χ4n) is 3.97. The van der Waals surface area contributed by atoms with Crippen LogP contribution in [0.25, 0.3) is 0 Å². The van der Waals surface area contributed by atoms with Crippen LogP contribution in [-0.2, 0) is 11.3 Å². The second kappa shape index (κ2) is 8.21. The van der Waals surface area contributed by atoms with Gasteiger partial charge in [-0.15, -0.1) is 0 Å². The van der Waals surface area contributed by atoms with Gasteiger partial charge in [0, 0.05) is 52.1 Å². The predicted molar refractivity (Wildman–Crippen MR) is 108 cm³/mol. The molecule has 0 aliphatic carbocycles. The van der Waals surface area contributed by atoms with Crippen LogP contribution in [0.4, 0.5) is 10.1 Å². The summed E-state index contributed by atoms with van der Waals surface area (Å²) in [4.78, 5) is 31.7. The van der Waals surface area contributed by atoms with Gasteiger partial charge in [0.25, 0.3) is 11.8 Å². The first-order chi connectivity index (χ1) is 14.1. The number of fused-ring (bicyclic) bond motifs is 1. The van der Waals surface area contributed by atoms with Gasteiger partial charge >= 0.3 is 0 Å². The van der Waals surface area contributed by atoms with Gasteiger partial charge in [-0.25, -0.2) is 4.39 Å². The van der Waals surface area contributed by atoms with E-state index in [2.05, 4.69) is 4.90 Å². The highest BCUT2D eigenvalue weighted by Gasteiger charge is 2.33. The van der Waals surface area contributed by atoms with Gasteiger partial charge in [0.15, 0.2) is 0 Å². The number of carbonyl (C=O) groups is 2. The molecule has 0 saturated carbocycles. The van der Waals surface area contributed by atoms with Crippen LogP contribution in [0.5, 0.6) is 0 Å². The van der Waals surface area contributed by atoms with Crippen molar-refractivity contribution >= 4 is 17.5 Å². The van der Waals surface area contributed by atoms with E-state index >= 15 is 0 Å². The zero-order valence-corrected chi connectivity index (χ0v) is 16.4. The summed E-state index contributed by atoms with van der Waals surface area (Å²) in [6.07, 6.45) is 0. The third kappa shape index (κ3) is 3.82. The summed E-state index contributed by atoms with van der Waals surface area (Å²) < 4.78 is 18.2. The molecule has 2 aromatic carbocycles. The van der Waals surface area contributed by atoms with Crippen LogP contribution in [0.15, 0.2) is 42.5 Å². The standard InChI is InChI=1S/C22H24FN3O3/c1-29-14-13-26-15-16-3-2-4-19(20(16)22(26)28)21(27)25-11-9-24(10-12-25)18-7-5-17(23)6-8-18/h2-8H,9-15H2,1H3. The largest absolute Gasteiger partial charge is 0.383 e. The summed E-state index contributed by atoms with van der Waals surface area (Å²) in [5.74, 6) is -0.474. The van der Waals surface area contributed by atoms with E-state index in [9.17, 15) is 14.0 Å². The van der Waals surface area contributed by atoms with E-state index in [0.717, 1.165) is 11.3 Å². The van der Waals surface area contributed by atoms with Gasteiger partial charge in [-0.2, -0.15) is 0 Å². The number of hydrogen-bond acceptors (Lipinski definition) is 4. The molecule has 1 fully saturated rings. The minimum atomic E-state index is -0.260. The van der Waals surface area contributed by atoms with E-state index in [4.69, 9.17) is 4.74 Å². The maximum absolute atomic E-state index is 13.2. The summed E-state index contributed by atoms with van der Waals surface area (Å²) in [5.41, 5.74) is 2.84. The SMILES string of the molecule is COCCN1Cc2cccc(C(=O)N3CCN(c4ccc(F)cc4)CC3)c2C1=O. The molecule has 6 nitrogen and oxygen atoms in total. The van der Waals surface area contributed by atoms with Crippen molar-refractivity contribution in [1.29, 1.82) is 0 Å². The molecule has 2 aromatic rings. The van der Waals surface area contributed by atoms with Crippen molar-refractivity contribution in [3.8, 4) is 0 Å². The highest BCUT2D eigenvalue weighted by Crippen LogP contribution is 2.27. The van der Waals surface area contributed by atoms with E-state index in [0.29, 0.717) is 57.0 Å². The molecular formula is C22H24FN3O3. The van der Waals surface area contributed by atoms with E-state index < -0.39 is 0 Å². The molecule has 29 heavy (non-hydrogen) atoms. The van der Waals surface area contributed by atoms with Crippen molar-refractivity contribution in [2.45, 2.75) is 6.54 Å². The Morgan fingerprint density at radius 2 is 1.79 bits per heavy atom. The van der Waals surface area contributed by atoms with E-state index in [1.54, 1.807) is 35.1 Å². The molecule has 1 saturated heterocycles. The van der Waals surface area contributed by atoms with Crippen molar-refractivity contribution in [2.24, 2.45) is 0 Å². The molecule has 0 N–H and O–H groups in total. The molecule has 2 amide bonds. The summed E-state index contributed by atoms with van der Waals surface area (Å²) in [6, 6.07) is 11.9. The number of methoxy groups -OCH3 is 1. The smallest absolute Gasteiger partial charge is 0.255 e. The number of carbonyl (C=O) groups excluding carboxylic acids is 2. The molecule has 152 valence electrons. The third-order valence-electron chi connectivity index (χ3n) is 5.57. The van der Waals surface area contributed by atoms with Crippen molar-refractivity contribution in [2.75, 3.05) is 51.3 Å². The lowest BCUT2D eigenvalue weighted by Crippen LogP contribution is -2.49. The maximum Gasteiger partial charge on any atom is 0.255 e. The van der Waals surface area contributed by atoms with Crippen LogP contribution in [0.2, 0.25) is 0 Å². The fraction of sp³-hybridized carbons (Fsp3) is 0.364. The van der Waals surface area contributed by atoms with E-state index in [1.165, 1.54) is 12.1 Å². The number of nitrogens with zero attached hydrogens (tertiary/aromatic N) is 3. The van der Waals surface area contributed by atoms with Crippen LogP contribution in [0.3, 0.4) is 0 Å².